The SMILES string of the molecule is COc1ccc(Cl)cc1C(=O)N1CCCC1C(=O)Nc1ccc(S(=O)(=O)N(C)C(C)C)cc1. The first-order valence-corrected chi connectivity index (χ1v) is 12.4. The van der Waals surface area contributed by atoms with Crippen LogP contribution in [0.15, 0.2) is 47.4 Å². The minimum absolute atomic E-state index is 0.141. The summed E-state index contributed by atoms with van der Waals surface area (Å²) >= 11 is 6.06. The van der Waals surface area contributed by atoms with Gasteiger partial charge in [-0.15, -0.1) is 0 Å². The molecule has 1 N–H and O–H groups in total. The lowest BCUT2D eigenvalue weighted by atomic mass is 10.1. The molecule has 1 atom stereocenters. The van der Waals surface area contributed by atoms with Crippen molar-refractivity contribution in [2.24, 2.45) is 0 Å². The van der Waals surface area contributed by atoms with Gasteiger partial charge in [-0.1, -0.05) is 11.6 Å². The fraction of sp³-hybridized carbons (Fsp3) is 0.391. The van der Waals surface area contributed by atoms with Crippen molar-refractivity contribution in [2.45, 2.75) is 43.7 Å². The van der Waals surface area contributed by atoms with Crippen LogP contribution in [0.2, 0.25) is 5.02 Å². The Balaban J connectivity index is 1.75. The molecule has 0 aliphatic carbocycles. The van der Waals surface area contributed by atoms with Crippen LogP contribution in [0, 0.1) is 0 Å². The highest BCUT2D eigenvalue weighted by Crippen LogP contribution is 2.28. The summed E-state index contributed by atoms with van der Waals surface area (Å²) in [6, 6.07) is 9.94. The molecule has 0 radical (unpaired) electrons. The molecule has 2 aromatic carbocycles. The molecule has 8 nitrogen and oxygen atoms in total. The number of anilines is 1. The molecular formula is C23H28ClN3O5S. The average molecular weight is 494 g/mol. The van der Waals surface area contributed by atoms with Crippen molar-refractivity contribution in [3.8, 4) is 5.75 Å². The van der Waals surface area contributed by atoms with Crippen molar-refractivity contribution in [1.29, 1.82) is 0 Å². The molecule has 1 aliphatic rings. The van der Waals surface area contributed by atoms with Crippen LogP contribution < -0.4 is 10.1 Å². The number of methoxy groups -OCH3 is 1. The van der Waals surface area contributed by atoms with E-state index < -0.39 is 16.1 Å². The Kier molecular flexibility index (Phi) is 7.66. The van der Waals surface area contributed by atoms with E-state index in [2.05, 4.69) is 5.32 Å². The molecule has 0 bridgehead atoms. The first-order chi connectivity index (χ1) is 15.6. The number of hydrogen-bond acceptors (Lipinski definition) is 5. The minimum atomic E-state index is -3.61. The van der Waals surface area contributed by atoms with Crippen molar-refractivity contribution in [3.63, 3.8) is 0 Å². The van der Waals surface area contributed by atoms with E-state index in [-0.39, 0.29) is 22.8 Å². The van der Waals surface area contributed by atoms with Gasteiger partial charge < -0.3 is 15.0 Å². The van der Waals surface area contributed by atoms with E-state index in [1.54, 1.807) is 38.1 Å². The monoisotopic (exact) mass is 493 g/mol. The molecule has 33 heavy (non-hydrogen) atoms. The lowest BCUT2D eigenvalue weighted by Crippen LogP contribution is -2.43. The highest BCUT2D eigenvalue weighted by molar-refractivity contribution is 7.89. The summed E-state index contributed by atoms with van der Waals surface area (Å²) in [5.41, 5.74) is 0.749. The second-order valence-electron chi connectivity index (χ2n) is 8.13. The van der Waals surface area contributed by atoms with Gasteiger partial charge in [-0.2, -0.15) is 4.31 Å². The Morgan fingerprint density at radius 2 is 1.85 bits per heavy atom. The highest BCUT2D eigenvalue weighted by atomic mass is 35.5. The molecule has 2 amide bonds. The third-order valence-electron chi connectivity index (χ3n) is 5.73. The smallest absolute Gasteiger partial charge is 0.258 e. The third kappa shape index (κ3) is 5.31. The maximum Gasteiger partial charge on any atom is 0.258 e. The number of nitrogens with one attached hydrogen (secondary N) is 1. The number of rotatable bonds is 7. The summed E-state index contributed by atoms with van der Waals surface area (Å²) in [6.45, 7) is 4.02. The quantitative estimate of drug-likeness (QED) is 0.635. The third-order valence-corrected chi connectivity index (χ3v) is 8.02. The Morgan fingerprint density at radius 3 is 2.45 bits per heavy atom. The number of halogens is 1. The summed E-state index contributed by atoms with van der Waals surface area (Å²) in [7, 11) is -0.622. The van der Waals surface area contributed by atoms with E-state index in [0.717, 1.165) is 0 Å². The molecule has 10 heteroatoms. The maximum absolute atomic E-state index is 13.2. The predicted octanol–water partition coefficient (Wildman–Crippen LogP) is 3.62. The van der Waals surface area contributed by atoms with Crippen molar-refractivity contribution in [3.05, 3.63) is 53.1 Å². The molecule has 1 aliphatic heterocycles. The van der Waals surface area contributed by atoms with Crippen LogP contribution >= 0.6 is 11.6 Å². The Bertz CT molecular complexity index is 1140. The van der Waals surface area contributed by atoms with Gasteiger partial charge in [0, 0.05) is 30.3 Å². The number of likely N-dealkylation sites (tertiary alicyclic amines) is 1. The first-order valence-electron chi connectivity index (χ1n) is 10.6. The molecule has 2 aromatic rings. The van der Waals surface area contributed by atoms with E-state index in [1.807, 2.05) is 0 Å². The van der Waals surface area contributed by atoms with Crippen molar-refractivity contribution in [2.75, 3.05) is 26.0 Å². The highest BCUT2D eigenvalue weighted by Gasteiger charge is 2.35. The lowest BCUT2D eigenvalue weighted by Gasteiger charge is -2.25. The number of ether oxygens (including phenoxy) is 1. The van der Waals surface area contributed by atoms with Crippen molar-refractivity contribution in [1.82, 2.24) is 9.21 Å². The van der Waals surface area contributed by atoms with E-state index in [1.165, 1.54) is 41.6 Å². The molecular weight excluding hydrogens is 466 g/mol. The number of carbonyl (C=O) groups is 2. The van der Waals surface area contributed by atoms with Crippen LogP contribution in [0.5, 0.6) is 5.75 Å². The summed E-state index contributed by atoms with van der Waals surface area (Å²) in [6.07, 6.45) is 1.21. The van der Waals surface area contributed by atoms with Crippen LogP contribution in [0.25, 0.3) is 0 Å². The minimum Gasteiger partial charge on any atom is -0.496 e. The molecule has 1 unspecified atom stereocenters. The Labute approximate surface area is 199 Å². The van der Waals surface area contributed by atoms with Gasteiger partial charge >= 0.3 is 0 Å². The molecule has 1 fully saturated rings. The zero-order chi connectivity index (χ0) is 24.3. The molecule has 0 aromatic heterocycles. The Hall–Kier alpha value is -2.62. The van der Waals surface area contributed by atoms with Gasteiger partial charge in [0.25, 0.3) is 5.91 Å². The zero-order valence-corrected chi connectivity index (χ0v) is 20.6. The van der Waals surface area contributed by atoms with E-state index in [9.17, 15) is 18.0 Å². The van der Waals surface area contributed by atoms with E-state index in [4.69, 9.17) is 16.3 Å². The number of sulfonamides is 1. The fourth-order valence-corrected chi connectivity index (χ4v) is 5.20. The number of amides is 2. The van der Waals surface area contributed by atoms with Gasteiger partial charge in [0.1, 0.15) is 11.8 Å². The molecule has 1 saturated heterocycles. The summed E-state index contributed by atoms with van der Waals surface area (Å²) in [5.74, 6) is -0.277. The summed E-state index contributed by atoms with van der Waals surface area (Å²) in [5, 5.41) is 3.19. The maximum atomic E-state index is 13.2. The van der Waals surface area contributed by atoms with E-state index >= 15 is 0 Å². The average Bonchev–Trinajstić information content (AvgIpc) is 3.28. The van der Waals surface area contributed by atoms with E-state index in [0.29, 0.717) is 41.4 Å². The van der Waals surface area contributed by atoms with Gasteiger partial charge in [-0.3, -0.25) is 9.59 Å². The summed E-state index contributed by atoms with van der Waals surface area (Å²) in [4.78, 5) is 27.8. The zero-order valence-electron chi connectivity index (χ0n) is 19.0. The number of carbonyl (C=O) groups excluding carboxylic acids is 2. The summed E-state index contributed by atoms with van der Waals surface area (Å²) < 4.78 is 31.8. The number of benzene rings is 2. The van der Waals surface area contributed by atoms with Gasteiger partial charge in [0.05, 0.1) is 17.6 Å². The van der Waals surface area contributed by atoms with Crippen LogP contribution in [0.1, 0.15) is 37.0 Å². The van der Waals surface area contributed by atoms with Gasteiger partial charge in [-0.05, 0) is 69.2 Å². The lowest BCUT2D eigenvalue weighted by molar-refractivity contribution is -0.119. The molecule has 1 heterocycles. The number of hydrogen-bond donors (Lipinski definition) is 1. The normalized spacial score (nSPS) is 16.3. The van der Waals surface area contributed by atoms with Crippen LogP contribution in [-0.4, -0.2) is 62.2 Å². The second kappa shape index (κ2) is 10.1. The molecule has 178 valence electrons. The van der Waals surface area contributed by atoms with Gasteiger partial charge in [0.15, 0.2) is 0 Å². The van der Waals surface area contributed by atoms with Gasteiger partial charge in [-0.25, -0.2) is 8.42 Å². The van der Waals surface area contributed by atoms with Gasteiger partial charge in [0.2, 0.25) is 15.9 Å². The topological polar surface area (TPSA) is 96.0 Å². The standard InChI is InChI=1S/C23H28ClN3O5S/c1-15(2)26(3)33(30,31)18-10-8-17(9-11-18)25-22(28)20-6-5-13-27(20)23(29)19-14-16(24)7-12-21(19)32-4/h7-12,14-15,20H,5-6,13H2,1-4H3,(H,25,28). The number of nitrogens with zero attached hydrogens (tertiary/aromatic N) is 2. The van der Waals surface area contributed by atoms with Crippen molar-refractivity contribution < 1.29 is 22.7 Å². The fourth-order valence-electron chi connectivity index (χ4n) is 3.66. The molecule has 3 rings (SSSR count). The molecule has 0 spiro atoms. The van der Waals surface area contributed by atoms with Crippen LogP contribution in [-0.2, 0) is 14.8 Å². The van der Waals surface area contributed by atoms with Crippen LogP contribution in [0.4, 0.5) is 5.69 Å². The second-order valence-corrected chi connectivity index (χ2v) is 10.6. The van der Waals surface area contributed by atoms with Crippen molar-refractivity contribution >= 4 is 39.1 Å². The molecule has 0 saturated carbocycles. The predicted molar refractivity (Wildman–Crippen MR) is 127 cm³/mol. The largest absolute Gasteiger partial charge is 0.496 e. The first kappa shape index (κ1) is 25.0. The Morgan fingerprint density at radius 1 is 1.18 bits per heavy atom. The van der Waals surface area contributed by atoms with Crippen LogP contribution in [0.3, 0.4) is 0 Å².